The second-order valence-electron chi connectivity index (χ2n) is 10.5. The largest absolute Gasteiger partial charge is 0.352 e. The van der Waals surface area contributed by atoms with Crippen LogP contribution < -0.4 is 4.90 Å². The van der Waals surface area contributed by atoms with E-state index >= 15 is 4.39 Å². The maximum absolute atomic E-state index is 15.8. The number of anilines is 1. The van der Waals surface area contributed by atoms with Gasteiger partial charge >= 0.3 is 0 Å². The fourth-order valence-corrected chi connectivity index (χ4v) is 6.91. The van der Waals surface area contributed by atoms with E-state index < -0.39 is 51.5 Å². The molecule has 0 radical (unpaired) electrons. The molecule has 0 aromatic heterocycles. The molecule has 7 nitrogen and oxygen atoms in total. The van der Waals surface area contributed by atoms with E-state index in [9.17, 15) is 24.5 Å². The minimum absolute atomic E-state index is 0.0857. The lowest BCUT2D eigenvalue weighted by Crippen LogP contribution is -2.48. The van der Waals surface area contributed by atoms with Crippen LogP contribution in [0.4, 0.5) is 15.8 Å². The summed E-state index contributed by atoms with van der Waals surface area (Å²) in [6.45, 7) is 0. The normalized spacial score (nSPS) is 21.5. The number of nitrogens with zero attached hydrogens (tertiary/aromatic N) is 2. The number of carbonyl (C=O) groups excluding carboxylic acids is 3. The number of nitro groups is 1. The van der Waals surface area contributed by atoms with Crippen molar-refractivity contribution >= 4 is 34.8 Å². The summed E-state index contributed by atoms with van der Waals surface area (Å²) in [5, 5.41) is 11.3. The molecule has 0 N–H and O–H groups in total. The number of nitro benzene ring substituents is 1. The number of fused-ring (bicyclic) bond motifs is 5. The third kappa shape index (κ3) is 3.27. The maximum Gasteiger partial charge on any atom is 0.269 e. The van der Waals surface area contributed by atoms with Crippen LogP contribution in [0.15, 0.2) is 103 Å². The molecule has 0 saturated carbocycles. The summed E-state index contributed by atoms with van der Waals surface area (Å²) in [7, 11) is 0. The Morgan fingerprint density at radius 1 is 0.829 bits per heavy atom. The van der Waals surface area contributed by atoms with E-state index in [1.807, 2.05) is 24.3 Å². The average molecular weight is 545 g/mol. The first kappa shape index (κ1) is 24.8. The summed E-state index contributed by atoms with van der Waals surface area (Å²) < 4.78 is 15.8. The van der Waals surface area contributed by atoms with E-state index in [1.165, 1.54) is 42.5 Å². The van der Waals surface area contributed by atoms with Gasteiger partial charge in [0.05, 0.1) is 11.0 Å². The van der Waals surface area contributed by atoms with Gasteiger partial charge in [0.2, 0.25) is 0 Å². The third-order valence-corrected chi connectivity index (χ3v) is 8.58. The van der Waals surface area contributed by atoms with E-state index in [0.29, 0.717) is 5.69 Å². The van der Waals surface area contributed by atoms with Crippen LogP contribution in [0.5, 0.6) is 0 Å². The second-order valence-corrected chi connectivity index (χ2v) is 10.5. The minimum Gasteiger partial charge on any atom is -0.352 e. The van der Waals surface area contributed by atoms with Crippen molar-refractivity contribution in [2.45, 2.75) is 18.0 Å². The molecule has 4 aromatic rings. The van der Waals surface area contributed by atoms with E-state index in [1.54, 1.807) is 47.4 Å². The third-order valence-electron chi connectivity index (χ3n) is 8.58. The van der Waals surface area contributed by atoms with Gasteiger partial charge in [-0.3, -0.25) is 24.5 Å². The van der Waals surface area contributed by atoms with Crippen molar-refractivity contribution in [2.75, 3.05) is 4.90 Å². The fourth-order valence-electron chi connectivity index (χ4n) is 6.91. The highest BCUT2D eigenvalue weighted by Gasteiger charge is 2.71. The lowest BCUT2D eigenvalue weighted by molar-refractivity contribution is -0.384. The van der Waals surface area contributed by atoms with Crippen LogP contribution in [-0.4, -0.2) is 34.4 Å². The van der Waals surface area contributed by atoms with Crippen LogP contribution in [-0.2, 0) is 0 Å². The van der Waals surface area contributed by atoms with Crippen LogP contribution in [0.25, 0.3) is 6.08 Å². The molecule has 0 unspecified atom stereocenters. The van der Waals surface area contributed by atoms with Gasteiger partial charge in [-0.25, -0.2) is 4.39 Å². The van der Waals surface area contributed by atoms with Crippen LogP contribution in [0.3, 0.4) is 0 Å². The molecule has 2 aliphatic heterocycles. The van der Waals surface area contributed by atoms with Crippen molar-refractivity contribution in [3.05, 3.63) is 147 Å². The molecule has 2 heterocycles. The summed E-state index contributed by atoms with van der Waals surface area (Å²) in [4.78, 5) is 56.1. The highest BCUT2D eigenvalue weighted by Crippen LogP contribution is 2.61. The van der Waals surface area contributed by atoms with Gasteiger partial charge in [0, 0.05) is 40.4 Å². The zero-order chi connectivity index (χ0) is 28.5. The highest BCUT2D eigenvalue weighted by atomic mass is 19.1. The van der Waals surface area contributed by atoms with Gasteiger partial charge < -0.3 is 4.90 Å². The Morgan fingerprint density at radius 2 is 1.44 bits per heavy atom. The summed E-state index contributed by atoms with van der Waals surface area (Å²) >= 11 is 0. The number of ketones is 3. The van der Waals surface area contributed by atoms with Crippen LogP contribution in [0, 0.1) is 21.3 Å². The number of non-ortho nitro benzene ring substituents is 1. The Balaban J connectivity index is 1.53. The lowest BCUT2D eigenvalue weighted by atomic mass is 9.64. The number of rotatable bonds is 4. The van der Waals surface area contributed by atoms with Crippen molar-refractivity contribution in [1.29, 1.82) is 0 Å². The predicted octanol–water partition coefficient (Wildman–Crippen LogP) is 6.05. The first-order chi connectivity index (χ1) is 19.9. The number of hydrogen-bond acceptors (Lipinski definition) is 6. The van der Waals surface area contributed by atoms with Crippen molar-refractivity contribution in [3.8, 4) is 0 Å². The van der Waals surface area contributed by atoms with Gasteiger partial charge in [-0.2, -0.15) is 0 Å². The van der Waals surface area contributed by atoms with Crippen molar-refractivity contribution in [1.82, 2.24) is 0 Å². The first-order valence-electron chi connectivity index (χ1n) is 13.1. The molecule has 0 amide bonds. The predicted molar refractivity (Wildman–Crippen MR) is 150 cm³/mol. The van der Waals surface area contributed by atoms with E-state index in [0.717, 1.165) is 5.56 Å². The zero-order valence-corrected chi connectivity index (χ0v) is 21.4. The second kappa shape index (κ2) is 8.89. The number of halogens is 1. The van der Waals surface area contributed by atoms with E-state index in [2.05, 4.69) is 0 Å². The number of Topliss-reactive ketones (excluding diaryl/α,β-unsaturated/α-hetero) is 3. The van der Waals surface area contributed by atoms with E-state index in [4.69, 9.17) is 0 Å². The first-order valence-corrected chi connectivity index (χ1v) is 13.1. The van der Waals surface area contributed by atoms with Crippen molar-refractivity contribution in [2.24, 2.45) is 5.41 Å². The Kier molecular flexibility index (Phi) is 5.37. The monoisotopic (exact) mass is 544 g/mol. The van der Waals surface area contributed by atoms with Gasteiger partial charge in [0.1, 0.15) is 17.3 Å². The Labute approximate surface area is 233 Å². The molecule has 1 fully saturated rings. The van der Waals surface area contributed by atoms with Crippen LogP contribution in [0.1, 0.15) is 48.1 Å². The molecular formula is C33H21FN2O5. The maximum atomic E-state index is 15.8. The summed E-state index contributed by atoms with van der Waals surface area (Å²) in [5.74, 6) is -3.21. The number of benzene rings is 4. The SMILES string of the molecule is O=C(c1ccc([N+](=O)[O-])cc1)[C@@H]1[C@H](c2ccccc2F)C2(C(=O)c3ccccc3C2=O)[C@H]2C=Cc3ccccc3N12. The van der Waals surface area contributed by atoms with Gasteiger partial charge in [0.25, 0.3) is 5.69 Å². The average Bonchev–Trinajstić information content (AvgIpc) is 3.43. The van der Waals surface area contributed by atoms with Crippen LogP contribution >= 0.6 is 0 Å². The molecule has 1 spiro atoms. The minimum atomic E-state index is -1.82. The fraction of sp³-hybridized carbons (Fsp3) is 0.121. The number of para-hydroxylation sites is 1. The smallest absolute Gasteiger partial charge is 0.269 e. The van der Waals surface area contributed by atoms with Gasteiger partial charge in [-0.05, 0) is 35.4 Å². The Hall–Kier alpha value is -5.24. The topological polar surface area (TPSA) is 97.6 Å². The standard InChI is InChI=1S/C33H21FN2O5/c34-25-11-5-4-10-24(25)28-29(30(37)20-13-16-21(17-14-20)36(40)41)35-26-12-6-1-7-19(26)15-18-27(35)33(28)31(38)22-8-2-3-9-23(22)32(33)39/h1-18,27-29H/t27-,28+,29+/m1/s1. The summed E-state index contributed by atoms with van der Waals surface area (Å²) in [6, 6.07) is 22.9. The molecule has 3 aliphatic rings. The molecule has 3 atom stereocenters. The lowest BCUT2D eigenvalue weighted by Gasteiger charge is -2.37. The summed E-state index contributed by atoms with van der Waals surface area (Å²) in [5.41, 5.74) is 0.138. The molecular weight excluding hydrogens is 523 g/mol. The number of hydrogen-bond donors (Lipinski definition) is 0. The van der Waals surface area contributed by atoms with Gasteiger partial charge in [-0.15, -0.1) is 0 Å². The molecule has 1 aliphatic carbocycles. The van der Waals surface area contributed by atoms with Crippen molar-refractivity contribution < 1.29 is 23.7 Å². The number of carbonyl (C=O) groups is 3. The zero-order valence-electron chi connectivity index (χ0n) is 21.4. The summed E-state index contributed by atoms with van der Waals surface area (Å²) in [6.07, 6.45) is 3.60. The molecule has 8 heteroatoms. The highest BCUT2D eigenvalue weighted by molar-refractivity contribution is 6.32. The molecule has 0 bridgehead atoms. The molecule has 200 valence electrons. The quantitative estimate of drug-likeness (QED) is 0.134. The van der Waals surface area contributed by atoms with E-state index in [-0.39, 0.29) is 27.9 Å². The molecule has 7 rings (SSSR count). The Morgan fingerprint density at radius 3 is 2.10 bits per heavy atom. The Bertz CT molecular complexity index is 1790. The van der Waals surface area contributed by atoms with Gasteiger partial charge in [0.15, 0.2) is 17.3 Å². The van der Waals surface area contributed by atoms with Crippen LogP contribution in [0.2, 0.25) is 0 Å². The van der Waals surface area contributed by atoms with Gasteiger partial charge in [-0.1, -0.05) is 72.8 Å². The molecule has 41 heavy (non-hydrogen) atoms. The van der Waals surface area contributed by atoms with Crippen molar-refractivity contribution in [3.63, 3.8) is 0 Å². The molecule has 4 aromatic carbocycles. The molecule has 1 saturated heterocycles.